The molecule has 2 N–H and O–H groups in total. The third kappa shape index (κ3) is 2.12. The van der Waals surface area contributed by atoms with Crippen LogP contribution in [0, 0.1) is 0 Å². The van der Waals surface area contributed by atoms with E-state index in [0.29, 0.717) is 17.9 Å². The van der Waals surface area contributed by atoms with Gasteiger partial charge in [0.05, 0.1) is 12.6 Å². The van der Waals surface area contributed by atoms with Gasteiger partial charge in [-0.15, -0.1) is 0 Å². The van der Waals surface area contributed by atoms with Crippen LogP contribution in [0.3, 0.4) is 0 Å². The van der Waals surface area contributed by atoms with Crippen LogP contribution >= 0.6 is 0 Å². The number of piperidine rings is 1. The van der Waals surface area contributed by atoms with Crippen LogP contribution in [-0.2, 0) is 4.79 Å². The number of fused-ring (bicyclic) bond motifs is 1. The number of nitrogens with zero attached hydrogens (tertiary/aromatic N) is 1. The Morgan fingerprint density at radius 2 is 2.30 bits per heavy atom. The van der Waals surface area contributed by atoms with E-state index in [4.69, 9.17) is 4.74 Å². The third-order valence-electron chi connectivity index (χ3n) is 4.08. The van der Waals surface area contributed by atoms with Gasteiger partial charge < -0.3 is 15.2 Å². The first-order valence-electron chi connectivity index (χ1n) is 7.23. The maximum Gasteiger partial charge on any atom is 0.238 e. The average Bonchev–Trinajstić information content (AvgIpc) is 2.79. The lowest BCUT2D eigenvalue weighted by atomic mass is 10.0. The molecule has 0 aromatic heterocycles. The normalized spacial score (nSPS) is 26.1. The zero-order chi connectivity index (χ0) is 14.1. The Bertz CT molecular complexity index is 518. The third-order valence-corrected chi connectivity index (χ3v) is 4.08. The molecule has 0 unspecified atom stereocenters. The summed E-state index contributed by atoms with van der Waals surface area (Å²) in [6, 6.07) is 5.39. The molecule has 1 amide bonds. The Labute approximate surface area is 118 Å². The monoisotopic (exact) mass is 276 g/mol. The molecule has 1 aromatic carbocycles. The maximum absolute atomic E-state index is 12.0. The fourth-order valence-electron chi connectivity index (χ4n) is 3.15. The van der Waals surface area contributed by atoms with Crippen molar-refractivity contribution in [3.05, 3.63) is 23.8 Å². The van der Waals surface area contributed by atoms with Crippen molar-refractivity contribution in [2.24, 2.45) is 0 Å². The van der Waals surface area contributed by atoms with E-state index < -0.39 is 0 Å². The SMILES string of the molecule is CCOc1cccc([C@@H]2NC(=O)[C@@H]3CCCCN32)c1O. The zero-order valence-corrected chi connectivity index (χ0v) is 11.6. The van der Waals surface area contributed by atoms with Gasteiger partial charge in [-0.3, -0.25) is 9.69 Å². The molecule has 2 fully saturated rings. The summed E-state index contributed by atoms with van der Waals surface area (Å²) in [6.45, 7) is 3.26. The molecule has 5 heteroatoms. The number of nitrogens with one attached hydrogen (secondary N) is 1. The predicted octanol–water partition coefficient (Wildman–Crippen LogP) is 1.77. The lowest BCUT2D eigenvalue weighted by Gasteiger charge is -2.31. The van der Waals surface area contributed by atoms with Gasteiger partial charge in [-0.05, 0) is 25.8 Å². The molecule has 0 bridgehead atoms. The number of para-hydroxylation sites is 1. The molecular formula is C15H20N2O3. The van der Waals surface area contributed by atoms with Crippen molar-refractivity contribution in [3.8, 4) is 11.5 Å². The fraction of sp³-hybridized carbons (Fsp3) is 0.533. The van der Waals surface area contributed by atoms with Gasteiger partial charge in [-0.1, -0.05) is 18.6 Å². The number of hydrogen-bond donors (Lipinski definition) is 2. The van der Waals surface area contributed by atoms with E-state index in [2.05, 4.69) is 10.2 Å². The molecular weight excluding hydrogens is 256 g/mol. The summed E-state index contributed by atoms with van der Waals surface area (Å²) in [4.78, 5) is 14.2. The van der Waals surface area contributed by atoms with Gasteiger partial charge in [-0.2, -0.15) is 0 Å². The van der Waals surface area contributed by atoms with Crippen LogP contribution in [0.2, 0.25) is 0 Å². The van der Waals surface area contributed by atoms with E-state index in [9.17, 15) is 9.90 Å². The summed E-state index contributed by atoms with van der Waals surface area (Å²) >= 11 is 0. The molecule has 1 aromatic rings. The van der Waals surface area contributed by atoms with Crippen LogP contribution in [-0.4, -0.2) is 35.1 Å². The zero-order valence-electron chi connectivity index (χ0n) is 11.6. The van der Waals surface area contributed by atoms with Gasteiger partial charge in [0.25, 0.3) is 0 Å². The molecule has 0 spiro atoms. The number of ether oxygens (including phenoxy) is 1. The molecule has 2 aliphatic rings. The van der Waals surface area contributed by atoms with Crippen LogP contribution in [0.1, 0.15) is 37.9 Å². The fourth-order valence-corrected chi connectivity index (χ4v) is 3.15. The number of phenolic OH excluding ortho intramolecular Hbond substituents is 1. The van der Waals surface area contributed by atoms with Crippen molar-refractivity contribution in [1.82, 2.24) is 10.2 Å². The number of amides is 1. The number of aromatic hydroxyl groups is 1. The summed E-state index contributed by atoms with van der Waals surface area (Å²) in [5, 5.41) is 13.3. The highest BCUT2D eigenvalue weighted by Crippen LogP contribution is 2.39. The molecule has 0 saturated carbocycles. The van der Waals surface area contributed by atoms with Crippen LogP contribution in [0.15, 0.2) is 18.2 Å². The molecule has 0 radical (unpaired) electrons. The smallest absolute Gasteiger partial charge is 0.238 e. The van der Waals surface area contributed by atoms with Crippen LogP contribution in [0.25, 0.3) is 0 Å². The highest BCUT2D eigenvalue weighted by atomic mass is 16.5. The van der Waals surface area contributed by atoms with Crippen molar-refractivity contribution in [1.29, 1.82) is 0 Å². The van der Waals surface area contributed by atoms with Crippen LogP contribution in [0.4, 0.5) is 0 Å². The van der Waals surface area contributed by atoms with E-state index in [0.717, 1.165) is 25.8 Å². The Balaban J connectivity index is 1.93. The first kappa shape index (κ1) is 13.2. The molecule has 0 aliphatic carbocycles. The van der Waals surface area contributed by atoms with Crippen molar-refractivity contribution < 1.29 is 14.6 Å². The molecule has 108 valence electrons. The Hall–Kier alpha value is -1.75. The van der Waals surface area contributed by atoms with Gasteiger partial charge >= 0.3 is 0 Å². The molecule has 5 nitrogen and oxygen atoms in total. The number of hydrogen-bond acceptors (Lipinski definition) is 4. The topological polar surface area (TPSA) is 61.8 Å². The van der Waals surface area contributed by atoms with Gasteiger partial charge in [0.15, 0.2) is 11.5 Å². The van der Waals surface area contributed by atoms with Gasteiger partial charge in [0.1, 0.15) is 6.17 Å². The molecule has 3 rings (SSSR count). The Kier molecular flexibility index (Phi) is 3.53. The van der Waals surface area contributed by atoms with Crippen molar-refractivity contribution in [3.63, 3.8) is 0 Å². The highest BCUT2D eigenvalue weighted by molar-refractivity contribution is 5.84. The summed E-state index contributed by atoms with van der Waals surface area (Å²) in [5.41, 5.74) is 0.716. The minimum Gasteiger partial charge on any atom is -0.504 e. The number of carbonyl (C=O) groups is 1. The summed E-state index contributed by atoms with van der Waals surface area (Å²) in [7, 11) is 0. The van der Waals surface area contributed by atoms with Crippen molar-refractivity contribution >= 4 is 5.91 Å². The quantitative estimate of drug-likeness (QED) is 0.883. The second-order valence-corrected chi connectivity index (χ2v) is 5.29. The number of benzene rings is 1. The van der Waals surface area contributed by atoms with Crippen LogP contribution in [0.5, 0.6) is 11.5 Å². The van der Waals surface area contributed by atoms with E-state index in [1.165, 1.54) is 0 Å². The first-order valence-corrected chi connectivity index (χ1v) is 7.23. The second kappa shape index (κ2) is 5.32. The molecule has 2 saturated heterocycles. The lowest BCUT2D eigenvalue weighted by Crippen LogP contribution is -2.38. The van der Waals surface area contributed by atoms with E-state index >= 15 is 0 Å². The molecule has 20 heavy (non-hydrogen) atoms. The van der Waals surface area contributed by atoms with Gasteiger partial charge in [-0.25, -0.2) is 0 Å². The standard InChI is InChI=1S/C15H20N2O3/c1-2-20-12-8-5-6-10(13(12)18)14-16-15(19)11-7-3-4-9-17(11)14/h5-6,8,11,14,18H,2-4,7,9H2,1H3,(H,16,19)/t11-,14+/m0/s1. The van der Waals surface area contributed by atoms with E-state index in [-0.39, 0.29) is 23.9 Å². The second-order valence-electron chi connectivity index (χ2n) is 5.29. The largest absolute Gasteiger partial charge is 0.504 e. The summed E-state index contributed by atoms with van der Waals surface area (Å²) in [6.07, 6.45) is 2.84. The predicted molar refractivity (Wildman–Crippen MR) is 74.5 cm³/mol. The number of phenols is 1. The Morgan fingerprint density at radius 3 is 3.10 bits per heavy atom. The summed E-state index contributed by atoms with van der Waals surface area (Å²) < 4.78 is 5.42. The average molecular weight is 276 g/mol. The molecule has 2 atom stereocenters. The van der Waals surface area contributed by atoms with E-state index in [1.807, 2.05) is 19.1 Å². The van der Waals surface area contributed by atoms with Crippen molar-refractivity contribution in [2.75, 3.05) is 13.2 Å². The molecule has 2 heterocycles. The Morgan fingerprint density at radius 1 is 1.45 bits per heavy atom. The minimum atomic E-state index is -0.242. The first-order chi connectivity index (χ1) is 9.72. The van der Waals surface area contributed by atoms with Crippen LogP contribution < -0.4 is 10.1 Å². The maximum atomic E-state index is 12.0. The van der Waals surface area contributed by atoms with Gasteiger partial charge in [0, 0.05) is 12.1 Å². The minimum absolute atomic E-state index is 0.0519. The van der Waals surface area contributed by atoms with E-state index in [1.54, 1.807) is 6.07 Å². The van der Waals surface area contributed by atoms with Gasteiger partial charge in [0.2, 0.25) is 5.91 Å². The number of carbonyl (C=O) groups excluding carboxylic acids is 1. The summed E-state index contributed by atoms with van der Waals surface area (Å²) in [5.74, 6) is 0.668. The molecule has 2 aliphatic heterocycles. The van der Waals surface area contributed by atoms with Crippen molar-refractivity contribution in [2.45, 2.75) is 38.4 Å². The lowest BCUT2D eigenvalue weighted by molar-refractivity contribution is -0.122. The highest BCUT2D eigenvalue weighted by Gasteiger charge is 2.42. The number of rotatable bonds is 3.